The van der Waals surface area contributed by atoms with Gasteiger partial charge >= 0.3 is 0 Å². The quantitative estimate of drug-likeness (QED) is 0.175. The highest BCUT2D eigenvalue weighted by atomic mass is 32.1. The lowest BCUT2D eigenvalue weighted by Crippen LogP contribution is -2.10. The van der Waals surface area contributed by atoms with Crippen LogP contribution in [0.4, 0.5) is 17.1 Å². The minimum atomic E-state index is -0.0926. The van der Waals surface area contributed by atoms with Gasteiger partial charge in [0.1, 0.15) is 0 Å². The van der Waals surface area contributed by atoms with Crippen molar-refractivity contribution in [3.8, 4) is 11.1 Å². The molecule has 0 spiro atoms. The number of anilines is 3. The summed E-state index contributed by atoms with van der Waals surface area (Å²) in [6.45, 7) is 0. The number of fused-ring (bicyclic) bond motifs is 9. The molecule has 1 aromatic heterocycles. The van der Waals surface area contributed by atoms with Gasteiger partial charge in [-0.1, -0.05) is 139 Å². The van der Waals surface area contributed by atoms with E-state index in [1.807, 2.05) is 83.8 Å². The number of thiophene rings is 1. The Labute approximate surface area is 288 Å². The Hall–Kier alpha value is -5.96. The lowest BCUT2D eigenvalue weighted by Gasteiger charge is -2.28. The zero-order valence-electron chi connectivity index (χ0n) is 29.8. The van der Waals surface area contributed by atoms with Crippen molar-refractivity contribution in [2.24, 2.45) is 0 Å². The molecule has 48 heavy (non-hydrogen) atoms. The molecule has 1 heterocycles. The largest absolute Gasteiger partial charge is 0.308 e. The van der Waals surface area contributed by atoms with E-state index in [2.05, 4.69) is 72.8 Å². The highest BCUT2D eigenvalue weighted by Gasteiger charge is 2.21. The molecule has 2 heteroatoms. The minimum absolute atomic E-state index is 0.0743. The van der Waals surface area contributed by atoms with Gasteiger partial charge in [-0.2, -0.15) is 0 Å². The molecule has 9 aromatic carbocycles. The summed E-state index contributed by atoms with van der Waals surface area (Å²) in [6.07, 6.45) is 0. The van der Waals surface area contributed by atoms with Gasteiger partial charge in [0, 0.05) is 26.5 Å². The summed E-state index contributed by atoms with van der Waals surface area (Å²) in [6, 6.07) is 51.2. The van der Waals surface area contributed by atoms with Crippen LogP contribution in [0.1, 0.15) is 5.48 Å². The average Bonchev–Trinajstić information content (AvgIpc) is 3.58. The topological polar surface area (TPSA) is 3.24 Å². The summed E-state index contributed by atoms with van der Waals surface area (Å²) >= 11 is 1.68. The maximum atomic E-state index is 9.68. The third-order valence-corrected chi connectivity index (χ3v) is 10.7. The lowest BCUT2D eigenvalue weighted by atomic mass is 9.97. The van der Waals surface area contributed by atoms with E-state index in [1.54, 1.807) is 11.3 Å². The first-order valence-electron chi connectivity index (χ1n) is 18.1. The highest BCUT2D eigenvalue weighted by molar-refractivity contribution is 7.26. The van der Waals surface area contributed by atoms with E-state index in [1.165, 1.54) is 0 Å². The van der Waals surface area contributed by atoms with E-state index in [0.29, 0.717) is 5.56 Å². The van der Waals surface area contributed by atoms with Gasteiger partial charge in [0.05, 0.1) is 21.6 Å². The van der Waals surface area contributed by atoms with E-state index in [-0.39, 0.29) is 35.4 Å². The van der Waals surface area contributed by atoms with Crippen LogP contribution in [0.25, 0.3) is 74.4 Å². The maximum absolute atomic E-state index is 9.68. The predicted octanol–water partition coefficient (Wildman–Crippen LogP) is 13.8. The third kappa shape index (κ3) is 4.24. The van der Waals surface area contributed by atoms with Crippen molar-refractivity contribution in [3.63, 3.8) is 0 Å². The molecule has 0 atom stereocenters. The molecule has 0 bridgehead atoms. The Bertz CT molecular complexity index is 3060. The van der Waals surface area contributed by atoms with Crippen LogP contribution in [-0.2, 0) is 0 Å². The van der Waals surface area contributed by atoms with Crippen LogP contribution in [0.5, 0.6) is 0 Å². The van der Waals surface area contributed by atoms with E-state index in [9.17, 15) is 5.48 Å². The van der Waals surface area contributed by atoms with Crippen molar-refractivity contribution >= 4 is 91.7 Å². The zero-order chi connectivity index (χ0) is 35.1. The Morgan fingerprint density at radius 3 is 1.83 bits per heavy atom. The van der Waals surface area contributed by atoms with Gasteiger partial charge in [-0.15, -0.1) is 11.3 Å². The predicted molar refractivity (Wildman–Crippen MR) is 209 cm³/mol. The molecule has 0 unspecified atom stereocenters. The summed E-state index contributed by atoms with van der Waals surface area (Å²) < 4.78 is 40.5. The van der Waals surface area contributed by atoms with Crippen LogP contribution in [0.2, 0.25) is 0 Å². The van der Waals surface area contributed by atoms with Crippen LogP contribution in [-0.4, -0.2) is 0 Å². The summed E-state index contributed by atoms with van der Waals surface area (Å²) in [5, 5.41) is 10.7. The van der Waals surface area contributed by atoms with Crippen LogP contribution in [0.15, 0.2) is 176 Å². The van der Waals surface area contributed by atoms with Gasteiger partial charge in [0.25, 0.3) is 0 Å². The molecule has 0 aliphatic carbocycles. The Morgan fingerprint density at radius 1 is 0.396 bits per heavy atom. The second-order valence-electron chi connectivity index (χ2n) is 12.2. The van der Waals surface area contributed by atoms with Gasteiger partial charge in [0.15, 0.2) is 0 Å². The maximum Gasteiger partial charge on any atom is 0.0645 e. The number of nitrogens with zero attached hydrogens (tertiary/aromatic N) is 1. The standard InChI is InChI=1S/C46H29NS/c1-3-12-36-31(10-1)20-21-34-28-32(24-27-38(34)36)30-22-25-35(26-23-30)47(43-18-9-17-42-41-16-7-8-19-45(41)48-46(42)43)44-29-33-11-2-4-13-37(33)39-14-5-6-15-40(39)44/h1-29H/i22D,23D,25D,26D. The number of rotatable bonds is 4. The summed E-state index contributed by atoms with van der Waals surface area (Å²) in [4.78, 5) is 1.98. The van der Waals surface area contributed by atoms with E-state index in [0.717, 1.165) is 74.6 Å². The molecule has 0 amide bonds. The molecule has 0 fully saturated rings. The van der Waals surface area contributed by atoms with Gasteiger partial charge < -0.3 is 4.90 Å². The van der Waals surface area contributed by atoms with Crippen molar-refractivity contribution in [2.75, 3.05) is 4.90 Å². The Balaban J connectivity index is 1.27. The molecule has 0 radical (unpaired) electrons. The van der Waals surface area contributed by atoms with Crippen molar-refractivity contribution in [1.29, 1.82) is 0 Å². The van der Waals surface area contributed by atoms with Crippen molar-refractivity contribution in [1.82, 2.24) is 0 Å². The fourth-order valence-corrected chi connectivity index (χ4v) is 8.44. The van der Waals surface area contributed by atoms with Crippen LogP contribution >= 0.6 is 11.3 Å². The summed E-state index contributed by atoms with van der Waals surface area (Å²) in [5.74, 6) is 0. The van der Waals surface area contributed by atoms with Crippen LogP contribution in [0, 0.1) is 0 Å². The highest BCUT2D eigenvalue weighted by Crippen LogP contribution is 2.47. The summed E-state index contributed by atoms with van der Waals surface area (Å²) in [7, 11) is 0. The Kier molecular flexibility index (Phi) is 5.26. The second-order valence-corrected chi connectivity index (χ2v) is 13.2. The van der Waals surface area contributed by atoms with E-state index in [4.69, 9.17) is 0 Å². The minimum Gasteiger partial charge on any atom is -0.308 e. The molecular weight excluding hydrogens is 599 g/mol. The lowest BCUT2D eigenvalue weighted by molar-refractivity contribution is 1.32. The molecule has 0 N–H and O–H groups in total. The Morgan fingerprint density at radius 2 is 1.00 bits per heavy atom. The molecule has 10 aromatic rings. The van der Waals surface area contributed by atoms with E-state index < -0.39 is 0 Å². The smallest absolute Gasteiger partial charge is 0.0645 e. The summed E-state index contributed by atoms with van der Waals surface area (Å²) in [5.41, 5.74) is 2.77. The van der Waals surface area contributed by atoms with E-state index >= 15 is 0 Å². The van der Waals surface area contributed by atoms with Gasteiger partial charge in [-0.25, -0.2) is 0 Å². The molecule has 10 rings (SSSR count). The third-order valence-electron chi connectivity index (χ3n) is 9.48. The normalized spacial score (nSPS) is 12.9. The zero-order valence-corrected chi connectivity index (χ0v) is 26.6. The van der Waals surface area contributed by atoms with Gasteiger partial charge in [-0.3, -0.25) is 0 Å². The molecule has 0 saturated heterocycles. The molecule has 0 aliphatic rings. The van der Waals surface area contributed by atoms with Crippen LogP contribution in [0.3, 0.4) is 0 Å². The van der Waals surface area contributed by atoms with Crippen molar-refractivity contribution < 1.29 is 5.48 Å². The monoisotopic (exact) mass is 631 g/mol. The fraction of sp³-hybridized carbons (Fsp3) is 0. The molecule has 224 valence electrons. The number of hydrogen-bond acceptors (Lipinski definition) is 2. The average molecular weight is 632 g/mol. The van der Waals surface area contributed by atoms with Crippen LogP contribution < -0.4 is 4.90 Å². The first-order valence-corrected chi connectivity index (χ1v) is 16.9. The van der Waals surface area contributed by atoms with Crippen molar-refractivity contribution in [2.45, 2.75) is 0 Å². The molecule has 1 nitrogen and oxygen atoms in total. The fourth-order valence-electron chi connectivity index (χ4n) is 7.23. The second kappa shape index (κ2) is 10.8. The number of benzene rings is 9. The first-order chi connectivity index (χ1) is 25.5. The molecular formula is C46H29NS. The first kappa shape index (κ1) is 23.4. The molecule has 0 saturated carbocycles. The van der Waals surface area contributed by atoms with Crippen molar-refractivity contribution in [3.05, 3.63) is 176 Å². The van der Waals surface area contributed by atoms with Gasteiger partial charge in [-0.05, 0) is 85.2 Å². The molecule has 0 aliphatic heterocycles. The van der Waals surface area contributed by atoms with Gasteiger partial charge in [0.2, 0.25) is 0 Å². The number of hydrogen-bond donors (Lipinski definition) is 0. The SMILES string of the molecule is [2H]c1c([2H])c(N(c2cc3ccccc3c3ccccc23)c2cccc3c2sc2ccccc23)c([2H])c([2H])c1-c1ccc2c(ccc3ccccc32)c1.